The average molecular weight is 463 g/mol. The van der Waals surface area contributed by atoms with Gasteiger partial charge in [0.15, 0.2) is 23.1 Å². The summed E-state index contributed by atoms with van der Waals surface area (Å²) in [5.41, 5.74) is 2.35. The Labute approximate surface area is 199 Å². The van der Waals surface area contributed by atoms with E-state index in [4.69, 9.17) is 8.85 Å². The zero-order valence-electron chi connectivity index (χ0n) is 21.4. The fourth-order valence-corrected chi connectivity index (χ4v) is 4.25. The normalized spacial score (nSPS) is 23.8. The lowest BCUT2D eigenvalue weighted by Gasteiger charge is -2.23. The Morgan fingerprint density at radius 3 is 3.06 bits per heavy atom. The van der Waals surface area contributed by atoms with Crippen molar-refractivity contribution in [1.82, 2.24) is 35.1 Å². The van der Waals surface area contributed by atoms with E-state index in [0.717, 1.165) is 18.5 Å². The monoisotopic (exact) mass is 462 g/mol. The smallest absolute Gasteiger partial charge is 0.228 e. The van der Waals surface area contributed by atoms with Gasteiger partial charge in [0.25, 0.3) is 0 Å². The number of fused-ring (bicyclic) bond motifs is 2. The molecular weight excluding hydrogens is 434 g/mol. The van der Waals surface area contributed by atoms with Gasteiger partial charge in [0.2, 0.25) is 5.91 Å². The molecule has 1 aliphatic heterocycles. The molecule has 11 heteroatoms. The number of hydrogen-bond acceptors (Lipinski definition) is 9. The number of morpholine rings is 1. The van der Waals surface area contributed by atoms with E-state index in [2.05, 4.69) is 41.2 Å². The molecule has 2 fully saturated rings. The first-order valence-corrected chi connectivity index (χ1v) is 11.2. The van der Waals surface area contributed by atoms with Crippen LogP contribution in [0.3, 0.4) is 0 Å². The van der Waals surface area contributed by atoms with Crippen molar-refractivity contribution >= 4 is 34.1 Å². The van der Waals surface area contributed by atoms with Crippen LogP contribution in [0, 0.1) is 11.8 Å². The molecule has 1 saturated heterocycles. The number of rotatable bonds is 5. The zero-order chi connectivity index (χ0) is 25.7. The average Bonchev–Trinajstić information content (AvgIpc) is 3.46. The third kappa shape index (κ3) is 3.72. The van der Waals surface area contributed by atoms with Gasteiger partial charge in [0.1, 0.15) is 5.52 Å². The van der Waals surface area contributed by atoms with Crippen molar-refractivity contribution in [1.29, 1.82) is 0 Å². The van der Waals surface area contributed by atoms with Crippen LogP contribution in [0.5, 0.6) is 0 Å². The SMILES string of the molecule is [2H]C([2H])([2H])Nc1ncc(-c2nc3ccc(C4CNCCO4)cn3n2)c2cc(NC(=O)[C@H]3C[C@H]3C)nnc12. The first-order chi connectivity index (χ1) is 17.7. The van der Waals surface area contributed by atoms with E-state index in [1.807, 2.05) is 25.3 Å². The number of carbonyl (C=O) groups excluding carboxylic acids is 1. The fourth-order valence-electron chi connectivity index (χ4n) is 4.25. The molecule has 5 heterocycles. The molecule has 0 spiro atoms. The third-order valence-electron chi connectivity index (χ3n) is 6.34. The quantitative estimate of drug-likeness (QED) is 0.408. The highest BCUT2D eigenvalue weighted by Gasteiger charge is 2.39. The van der Waals surface area contributed by atoms with E-state index in [-0.39, 0.29) is 35.1 Å². The van der Waals surface area contributed by atoms with Crippen LogP contribution < -0.4 is 16.0 Å². The summed E-state index contributed by atoms with van der Waals surface area (Å²) in [6.07, 6.45) is 4.14. The molecular formula is C23H25N9O2. The molecule has 1 amide bonds. The predicted molar refractivity (Wildman–Crippen MR) is 126 cm³/mol. The largest absolute Gasteiger partial charge is 0.371 e. The van der Waals surface area contributed by atoms with Crippen molar-refractivity contribution in [2.75, 3.05) is 37.3 Å². The van der Waals surface area contributed by atoms with Crippen molar-refractivity contribution in [2.45, 2.75) is 19.4 Å². The second-order valence-electron chi connectivity index (χ2n) is 8.71. The molecule has 4 aromatic rings. The number of aromatic nitrogens is 6. The highest BCUT2D eigenvalue weighted by Crippen LogP contribution is 2.38. The summed E-state index contributed by atoms with van der Waals surface area (Å²) in [7, 11) is 0. The highest BCUT2D eigenvalue weighted by molar-refractivity contribution is 6.01. The molecule has 3 N–H and O–H groups in total. The lowest BCUT2D eigenvalue weighted by molar-refractivity contribution is -0.117. The number of nitrogens with zero attached hydrogens (tertiary/aromatic N) is 6. The minimum atomic E-state index is -2.48. The molecule has 6 rings (SSSR count). The number of pyridine rings is 2. The summed E-state index contributed by atoms with van der Waals surface area (Å²) < 4.78 is 30.3. The van der Waals surface area contributed by atoms with Crippen molar-refractivity contribution in [3.63, 3.8) is 0 Å². The van der Waals surface area contributed by atoms with E-state index < -0.39 is 6.98 Å². The van der Waals surface area contributed by atoms with Gasteiger partial charge in [-0.15, -0.1) is 15.3 Å². The Balaban J connectivity index is 1.41. The molecule has 0 aromatic carbocycles. The number of nitrogens with one attached hydrogen (secondary N) is 3. The molecule has 174 valence electrons. The maximum absolute atomic E-state index is 12.5. The van der Waals surface area contributed by atoms with E-state index in [1.165, 1.54) is 6.20 Å². The Morgan fingerprint density at radius 1 is 1.35 bits per heavy atom. The van der Waals surface area contributed by atoms with Gasteiger partial charge in [-0.25, -0.2) is 14.5 Å². The molecule has 1 unspecified atom stereocenters. The molecule has 0 radical (unpaired) electrons. The van der Waals surface area contributed by atoms with Gasteiger partial charge in [0, 0.05) is 59.0 Å². The summed E-state index contributed by atoms with van der Waals surface area (Å²) in [5.74, 6) is 0.865. The van der Waals surface area contributed by atoms with Crippen LogP contribution in [0.25, 0.3) is 27.9 Å². The predicted octanol–water partition coefficient (Wildman–Crippen LogP) is 2.03. The summed E-state index contributed by atoms with van der Waals surface area (Å²) in [4.78, 5) is 21.4. The summed E-state index contributed by atoms with van der Waals surface area (Å²) in [6, 6.07) is 5.48. The van der Waals surface area contributed by atoms with Gasteiger partial charge in [-0.1, -0.05) is 13.0 Å². The van der Waals surface area contributed by atoms with Gasteiger partial charge in [-0.3, -0.25) is 4.79 Å². The van der Waals surface area contributed by atoms with Gasteiger partial charge in [-0.2, -0.15) is 0 Å². The Morgan fingerprint density at radius 2 is 2.26 bits per heavy atom. The van der Waals surface area contributed by atoms with Gasteiger partial charge in [-0.05, 0) is 24.5 Å². The number of amides is 1. The molecule has 2 aliphatic rings. The van der Waals surface area contributed by atoms with E-state index in [1.54, 1.807) is 10.6 Å². The molecule has 4 aromatic heterocycles. The maximum atomic E-state index is 12.5. The molecule has 1 aliphatic carbocycles. The molecule has 11 nitrogen and oxygen atoms in total. The lowest BCUT2D eigenvalue weighted by Crippen LogP contribution is -2.33. The first kappa shape index (κ1) is 17.7. The Bertz CT molecular complexity index is 1500. The fraction of sp³-hybridized carbons (Fsp3) is 0.391. The second-order valence-corrected chi connectivity index (χ2v) is 8.71. The zero-order valence-corrected chi connectivity index (χ0v) is 18.4. The van der Waals surface area contributed by atoms with Crippen LogP contribution >= 0.6 is 0 Å². The number of carbonyl (C=O) groups is 1. The van der Waals surface area contributed by atoms with Gasteiger partial charge < -0.3 is 20.7 Å². The van der Waals surface area contributed by atoms with Crippen molar-refractivity contribution < 1.29 is 13.6 Å². The second kappa shape index (κ2) is 8.26. The van der Waals surface area contributed by atoms with E-state index in [9.17, 15) is 4.79 Å². The van der Waals surface area contributed by atoms with Crippen LogP contribution in [-0.4, -0.2) is 62.4 Å². The van der Waals surface area contributed by atoms with Crippen LogP contribution in [-0.2, 0) is 9.53 Å². The molecule has 0 bridgehead atoms. The van der Waals surface area contributed by atoms with E-state index >= 15 is 0 Å². The number of hydrogen-bond donors (Lipinski definition) is 3. The highest BCUT2D eigenvalue weighted by atomic mass is 16.5. The van der Waals surface area contributed by atoms with Gasteiger partial charge in [0.05, 0.1) is 12.7 Å². The van der Waals surface area contributed by atoms with Crippen LogP contribution in [0.2, 0.25) is 0 Å². The summed E-state index contributed by atoms with van der Waals surface area (Å²) in [5, 5.41) is 22.0. The molecule has 1 saturated carbocycles. The minimum absolute atomic E-state index is 0.0418. The standard InChI is InChI=1S/C23H25N9O2/c1-12-7-14(12)23(33)27-18-8-15-16(9-26-22(24-2)20(15)30-29-18)21-28-19-4-3-13(11-32(19)31-21)17-10-25-5-6-34-17/h3-4,8-9,11-12,14,17,25H,5-7,10H2,1-2H3,(H,24,26)(H,27,29,33)/t12-,14+,17?/m1/s1/i2D3. The van der Waals surface area contributed by atoms with Crippen LogP contribution in [0.1, 0.15) is 29.1 Å². The van der Waals surface area contributed by atoms with Crippen molar-refractivity contribution in [2.24, 2.45) is 11.8 Å². The summed E-state index contributed by atoms with van der Waals surface area (Å²) in [6.45, 7) is 1.71. The topological polar surface area (TPSA) is 131 Å². The summed E-state index contributed by atoms with van der Waals surface area (Å²) >= 11 is 0. The Kier molecular flexibility index (Phi) is 4.31. The third-order valence-corrected chi connectivity index (χ3v) is 6.34. The lowest BCUT2D eigenvalue weighted by atomic mass is 10.1. The van der Waals surface area contributed by atoms with E-state index in [0.29, 0.717) is 41.5 Å². The van der Waals surface area contributed by atoms with Gasteiger partial charge >= 0.3 is 0 Å². The number of anilines is 2. The Hall–Kier alpha value is -3.70. The van der Waals surface area contributed by atoms with Crippen LogP contribution in [0.4, 0.5) is 11.6 Å². The molecule has 34 heavy (non-hydrogen) atoms. The number of ether oxygens (including phenoxy) is 1. The molecule has 3 atom stereocenters. The first-order valence-electron chi connectivity index (χ1n) is 12.7. The maximum Gasteiger partial charge on any atom is 0.228 e. The van der Waals surface area contributed by atoms with Crippen molar-refractivity contribution in [3.8, 4) is 11.4 Å². The van der Waals surface area contributed by atoms with Crippen molar-refractivity contribution in [3.05, 3.63) is 36.2 Å². The minimum Gasteiger partial charge on any atom is -0.371 e. The van der Waals surface area contributed by atoms with Crippen LogP contribution in [0.15, 0.2) is 30.6 Å².